The summed E-state index contributed by atoms with van der Waals surface area (Å²) in [5, 5.41) is 3.29. The van der Waals surface area contributed by atoms with E-state index in [1.54, 1.807) is 0 Å². The fraction of sp³-hybridized carbons (Fsp3) is 0.600. The molecule has 2 nitrogen and oxygen atoms in total. The van der Waals surface area contributed by atoms with Crippen molar-refractivity contribution in [2.45, 2.75) is 43.7 Å². The highest BCUT2D eigenvalue weighted by molar-refractivity contribution is 5.43. The molecule has 1 aliphatic carbocycles. The molecular weight excluding hydrogens is 265 g/mol. The van der Waals surface area contributed by atoms with Crippen LogP contribution in [0.3, 0.4) is 0 Å². The molecule has 0 atom stereocenters. The number of benzene rings is 1. The predicted octanol–water partition coefficient (Wildman–Crippen LogP) is 3.62. The lowest BCUT2D eigenvalue weighted by Crippen LogP contribution is -2.27. The monoisotopic (exact) mass is 286 g/mol. The molecule has 0 aromatic heterocycles. The van der Waals surface area contributed by atoms with E-state index >= 15 is 0 Å². The van der Waals surface area contributed by atoms with Crippen LogP contribution in [0.5, 0.6) is 0 Å². The fourth-order valence-corrected chi connectivity index (χ4v) is 2.46. The van der Waals surface area contributed by atoms with Crippen LogP contribution in [0.1, 0.15) is 37.7 Å². The number of hydrogen-bond donors (Lipinski definition) is 2. The Labute approximate surface area is 117 Å². The van der Waals surface area contributed by atoms with Gasteiger partial charge in [-0.1, -0.05) is 12.1 Å². The minimum Gasteiger partial charge on any atom is -0.399 e. The Kier molecular flexibility index (Phi) is 4.58. The van der Waals surface area contributed by atoms with Crippen LogP contribution in [-0.2, 0) is 5.41 Å². The number of nitrogen functional groups attached to an aromatic ring is 1. The SMILES string of the molecule is Nc1ccc(C2(CNCCCCC(F)(F)F)CC2)cc1. The highest BCUT2D eigenvalue weighted by atomic mass is 19.4. The molecule has 1 saturated carbocycles. The number of alkyl halides is 3. The number of nitrogens with two attached hydrogens (primary N) is 1. The number of nitrogens with one attached hydrogen (secondary N) is 1. The summed E-state index contributed by atoms with van der Waals surface area (Å²) in [6, 6.07) is 7.90. The van der Waals surface area contributed by atoms with Crippen LogP contribution in [-0.4, -0.2) is 19.3 Å². The minimum atomic E-state index is -4.03. The van der Waals surface area contributed by atoms with E-state index in [2.05, 4.69) is 5.32 Å². The van der Waals surface area contributed by atoms with Gasteiger partial charge in [-0.05, 0) is 49.9 Å². The molecule has 0 unspecified atom stereocenters. The smallest absolute Gasteiger partial charge is 0.389 e. The maximum absolute atomic E-state index is 12.0. The zero-order valence-corrected chi connectivity index (χ0v) is 11.5. The molecule has 1 aromatic rings. The second-order valence-electron chi connectivity index (χ2n) is 5.65. The van der Waals surface area contributed by atoms with Crippen LogP contribution < -0.4 is 11.1 Å². The van der Waals surface area contributed by atoms with Crippen molar-refractivity contribution in [2.24, 2.45) is 0 Å². The number of unbranched alkanes of at least 4 members (excludes halogenated alkanes) is 1. The van der Waals surface area contributed by atoms with Gasteiger partial charge in [-0.2, -0.15) is 13.2 Å². The van der Waals surface area contributed by atoms with Gasteiger partial charge in [0.1, 0.15) is 0 Å². The van der Waals surface area contributed by atoms with Gasteiger partial charge in [-0.25, -0.2) is 0 Å². The van der Waals surface area contributed by atoms with Crippen molar-refractivity contribution < 1.29 is 13.2 Å². The van der Waals surface area contributed by atoms with E-state index in [9.17, 15) is 13.2 Å². The topological polar surface area (TPSA) is 38.0 Å². The fourth-order valence-electron chi connectivity index (χ4n) is 2.46. The Morgan fingerprint density at radius 1 is 1.10 bits per heavy atom. The van der Waals surface area contributed by atoms with Gasteiger partial charge >= 0.3 is 6.18 Å². The highest BCUT2D eigenvalue weighted by Gasteiger charge is 2.43. The van der Waals surface area contributed by atoms with E-state index in [0.29, 0.717) is 13.0 Å². The molecule has 112 valence electrons. The van der Waals surface area contributed by atoms with Crippen LogP contribution in [0.15, 0.2) is 24.3 Å². The van der Waals surface area contributed by atoms with E-state index in [-0.39, 0.29) is 11.8 Å². The molecular formula is C15H21F3N2. The van der Waals surface area contributed by atoms with Gasteiger partial charge < -0.3 is 11.1 Å². The second kappa shape index (κ2) is 6.04. The molecule has 5 heteroatoms. The van der Waals surface area contributed by atoms with Crippen molar-refractivity contribution in [1.29, 1.82) is 0 Å². The zero-order valence-electron chi connectivity index (χ0n) is 11.5. The first kappa shape index (κ1) is 15.2. The van der Waals surface area contributed by atoms with Crippen molar-refractivity contribution >= 4 is 5.69 Å². The van der Waals surface area contributed by atoms with E-state index in [1.807, 2.05) is 24.3 Å². The van der Waals surface area contributed by atoms with Crippen LogP contribution in [0, 0.1) is 0 Å². The van der Waals surface area contributed by atoms with Crippen molar-refractivity contribution in [1.82, 2.24) is 5.32 Å². The molecule has 0 aliphatic heterocycles. The highest BCUT2D eigenvalue weighted by Crippen LogP contribution is 2.47. The van der Waals surface area contributed by atoms with Crippen LogP contribution in [0.2, 0.25) is 0 Å². The zero-order chi connectivity index (χ0) is 14.6. The van der Waals surface area contributed by atoms with E-state index in [1.165, 1.54) is 5.56 Å². The standard InChI is InChI=1S/C15H21F3N2/c16-15(17,18)7-1-2-10-20-11-14(8-9-14)12-3-5-13(19)6-4-12/h3-6,20H,1-2,7-11,19H2. The molecule has 20 heavy (non-hydrogen) atoms. The summed E-state index contributed by atoms with van der Waals surface area (Å²) in [7, 11) is 0. The average Bonchev–Trinajstić information content (AvgIpc) is 3.14. The van der Waals surface area contributed by atoms with Gasteiger partial charge in [-0.15, -0.1) is 0 Å². The molecule has 0 amide bonds. The van der Waals surface area contributed by atoms with Gasteiger partial charge in [0.25, 0.3) is 0 Å². The molecule has 0 bridgehead atoms. The van der Waals surface area contributed by atoms with Gasteiger partial charge in [0.15, 0.2) is 0 Å². The van der Waals surface area contributed by atoms with Crippen LogP contribution >= 0.6 is 0 Å². The molecule has 1 aromatic carbocycles. The van der Waals surface area contributed by atoms with Crippen molar-refractivity contribution in [3.05, 3.63) is 29.8 Å². The molecule has 0 heterocycles. The van der Waals surface area contributed by atoms with Gasteiger partial charge in [0, 0.05) is 24.1 Å². The van der Waals surface area contributed by atoms with E-state index in [4.69, 9.17) is 5.73 Å². The third-order valence-corrected chi connectivity index (χ3v) is 3.90. The first-order chi connectivity index (χ1) is 9.41. The average molecular weight is 286 g/mol. The molecule has 3 N–H and O–H groups in total. The third-order valence-electron chi connectivity index (χ3n) is 3.90. The number of rotatable bonds is 7. The second-order valence-corrected chi connectivity index (χ2v) is 5.65. The lowest BCUT2D eigenvalue weighted by Gasteiger charge is -2.17. The predicted molar refractivity (Wildman–Crippen MR) is 74.5 cm³/mol. The summed E-state index contributed by atoms with van der Waals surface area (Å²) in [6.07, 6.45) is -1.68. The molecule has 0 spiro atoms. The van der Waals surface area contributed by atoms with Crippen LogP contribution in [0.25, 0.3) is 0 Å². The van der Waals surface area contributed by atoms with Crippen molar-refractivity contribution in [2.75, 3.05) is 18.8 Å². The normalized spacial score (nSPS) is 17.1. The Bertz CT molecular complexity index is 422. The summed E-state index contributed by atoms with van der Waals surface area (Å²) in [5.74, 6) is 0. The quantitative estimate of drug-likeness (QED) is 0.593. The summed E-state index contributed by atoms with van der Waals surface area (Å²) in [4.78, 5) is 0. The van der Waals surface area contributed by atoms with Gasteiger partial charge in [-0.3, -0.25) is 0 Å². The summed E-state index contributed by atoms with van der Waals surface area (Å²) >= 11 is 0. The Hall–Kier alpha value is -1.23. The number of halogens is 3. The summed E-state index contributed by atoms with van der Waals surface area (Å²) < 4.78 is 36.0. The first-order valence-corrected chi connectivity index (χ1v) is 7.05. The summed E-state index contributed by atoms with van der Waals surface area (Å²) in [5.41, 5.74) is 7.88. The molecule has 0 saturated heterocycles. The van der Waals surface area contributed by atoms with Crippen molar-refractivity contribution in [3.8, 4) is 0 Å². The largest absolute Gasteiger partial charge is 0.399 e. The Morgan fingerprint density at radius 2 is 1.75 bits per heavy atom. The lowest BCUT2D eigenvalue weighted by atomic mass is 9.95. The molecule has 1 aliphatic rings. The maximum Gasteiger partial charge on any atom is 0.389 e. The lowest BCUT2D eigenvalue weighted by molar-refractivity contribution is -0.135. The molecule has 0 radical (unpaired) electrons. The van der Waals surface area contributed by atoms with Gasteiger partial charge in [0.2, 0.25) is 0 Å². The molecule has 1 fully saturated rings. The molecule has 2 rings (SSSR count). The first-order valence-electron chi connectivity index (χ1n) is 7.05. The Balaban J connectivity index is 1.68. The number of anilines is 1. The number of hydrogen-bond acceptors (Lipinski definition) is 2. The van der Waals surface area contributed by atoms with Crippen LogP contribution in [0.4, 0.5) is 18.9 Å². The maximum atomic E-state index is 12.0. The minimum absolute atomic E-state index is 0.178. The van der Waals surface area contributed by atoms with E-state index in [0.717, 1.165) is 25.1 Å². The van der Waals surface area contributed by atoms with Gasteiger partial charge in [0.05, 0.1) is 0 Å². The third kappa shape index (κ3) is 4.40. The summed E-state index contributed by atoms with van der Waals surface area (Å²) in [6.45, 7) is 1.48. The van der Waals surface area contributed by atoms with Crippen molar-refractivity contribution in [3.63, 3.8) is 0 Å². The Morgan fingerprint density at radius 3 is 2.30 bits per heavy atom. The van der Waals surface area contributed by atoms with E-state index < -0.39 is 12.6 Å².